The van der Waals surface area contributed by atoms with E-state index >= 15 is 0 Å². The molecule has 0 saturated heterocycles. The van der Waals surface area contributed by atoms with E-state index < -0.39 is 5.60 Å². The lowest BCUT2D eigenvalue weighted by molar-refractivity contribution is -0.134. The smallest absolute Gasteiger partial charge is 0.163 e. The predicted molar refractivity (Wildman–Crippen MR) is 66.7 cm³/mol. The highest BCUT2D eigenvalue weighted by Gasteiger charge is 2.24. The Morgan fingerprint density at radius 1 is 1.12 bits per heavy atom. The Labute approximate surface area is 104 Å². The van der Waals surface area contributed by atoms with Gasteiger partial charge in [-0.3, -0.25) is 9.59 Å². The van der Waals surface area contributed by atoms with E-state index in [0.717, 1.165) is 12.8 Å². The highest BCUT2D eigenvalue weighted by molar-refractivity contribution is 5.87. The Morgan fingerprint density at radius 3 is 2.24 bits per heavy atom. The third-order valence-corrected chi connectivity index (χ3v) is 3.57. The molecule has 1 saturated carbocycles. The van der Waals surface area contributed by atoms with E-state index in [0.29, 0.717) is 25.0 Å². The molecule has 0 aromatic carbocycles. The molecule has 1 aliphatic carbocycles. The number of carbonyl (C=O) groups excluding carboxylic acids is 2. The van der Waals surface area contributed by atoms with E-state index in [2.05, 4.69) is 0 Å². The van der Waals surface area contributed by atoms with Gasteiger partial charge in [0.1, 0.15) is 11.4 Å². The lowest BCUT2D eigenvalue weighted by atomic mass is 9.84. The van der Waals surface area contributed by atoms with Crippen LogP contribution in [0.4, 0.5) is 0 Å². The molecule has 3 nitrogen and oxygen atoms in total. The summed E-state index contributed by atoms with van der Waals surface area (Å²) < 4.78 is 0. The van der Waals surface area contributed by atoms with Crippen molar-refractivity contribution in [2.24, 2.45) is 5.92 Å². The Morgan fingerprint density at radius 2 is 1.71 bits per heavy atom. The van der Waals surface area contributed by atoms with Crippen molar-refractivity contribution >= 4 is 11.6 Å². The lowest BCUT2D eigenvalue weighted by Crippen LogP contribution is -2.31. The Bertz CT molecular complexity index is 270. The quantitative estimate of drug-likeness (QED) is 0.776. The molecule has 3 heteroatoms. The highest BCUT2D eigenvalue weighted by Crippen LogP contribution is 2.26. The summed E-state index contributed by atoms with van der Waals surface area (Å²) in [6.07, 6.45) is 7.02. The van der Waals surface area contributed by atoms with Gasteiger partial charge in [-0.25, -0.2) is 0 Å². The number of Topliss-reactive ketones (excluding diaryl/α,β-unsaturated/α-hetero) is 2. The van der Waals surface area contributed by atoms with Crippen LogP contribution in [0, 0.1) is 5.92 Å². The van der Waals surface area contributed by atoms with Crippen LogP contribution in [0.1, 0.15) is 65.2 Å². The largest absolute Gasteiger partial charge is 0.383 e. The van der Waals surface area contributed by atoms with Gasteiger partial charge in [0, 0.05) is 18.8 Å². The topological polar surface area (TPSA) is 54.4 Å². The molecule has 98 valence electrons. The maximum Gasteiger partial charge on any atom is 0.163 e. The van der Waals surface area contributed by atoms with Crippen molar-refractivity contribution in [3.8, 4) is 0 Å². The van der Waals surface area contributed by atoms with Crippen molar-refractivity contribution in [1.82, 2.24) is 0 Å². The zero-order valence-corrected chi connectivity index (χ0v) is 11.0. The first-order chi connectivity index (χ1) is 7.91. The third-order valence-electron chi connectivity index (χ3n) is 3.57. The number of rotatable bonds is 6. The van der Waals surface area contributed by atoms with Crippen molar-refractivity contribution in [1.29, 1.82) is 0 Å². The summed E-state index contributed by atoms with van der Waals surface area (Å²) in [5, 5.41) is 9.47. The van der Waals surface area contributed by atoms with Gasteiger partial charge in [0.25, 0.3) is 0 Å². The number of hydrogen-bond donors (Lipinski definition) is 1. The average Bonchev–Trinajstić information content (AvgIpc) is 2.28. The second kappa shape index (κ2) is 6.29. The lowest BCUT2D eigenvalue weighted by Gasteiger charge is -2.20. The van der Waals surface area contributed by atoms with Gasteiger partial charge in [0.15, 0.2) is 5.78 Å². The van der Waals surface area contributed by atoms with Gasteiger partial charge in [-0.2, -0.15) is 0 Å². The third kappa shape index (κ3) is 4.99. The molecule has 1 rings (SSSR count). The predicted octanol–water partition coefficient (Wildman–Crippen LogP) is 2.65. The van der Waals surface area contributed by atoms with E-state index in [-0.39, 0.29) is 11.7 Å². The van der Waals surface area contributed by atoms with Gasteiger partial charge in [-0.05, 0) is 33.1 Å². The maximum absolute atomic E-state index is 11.9. The van der Waals surface area contributed by atoms with Crippen molar-refractivity contribution in [2.75, 3.05) is 0 Å². The molecule has 0 aromatic heterocycles. The summed E-state index contributed by atoms with van der Waals surface area (Å²) in [5.74, 6) is 0.378. The normalized spacial score (nSPS) is 18.1. The molecule has 1 fully saturated rings. The molecule has 0 atom stereocenters. The van der Waals surface area contributed by atoms with E-state index in [4.69, 9.17) is 0 Å². The number of ketones is 2. The standard InChI is InChI=1S/C14H24O3/c1-14(2,17)13(16)10-6-9-12(15)11-7-4-3-5-8-11/h11,17H,3-10H2,1-2H3. The zero-order chi connectivity index (χ0) is 12.9. The molecule has 17 heavy (non-hydrogen) atoms. The van der Waals surface area contributed by atoms with Crippen LogP contribution in [0.2, 0.25) is 0 Å². The van der Waals surface area contributed by atoms with Crippen LogP contribution in [0.3, 0.4) is 0 Å². The molecule has 0 amide bonds. The molecule has 0 bridgehead atoms. The minimum Gasteiger partial charge on any atom is -0.383 e. The summed E-state index contributed by atoms with van der Waals surface area (Å²) in [7, 11) is 0. The average molecular weight is 240 g/mol. The Kier molecular flexibility index (Phi) is 5.31. The van der Waals surface area contributed by atoms with Crippen LogP contribution in [-0.4, -0.2) is 22.3 Å². The second-order valence-corrected chi connectivity index (χ2v) is 5.64. The van der Waals surface area contributed by atoms with Crippen molar-refractivity contribution in [2.45, 2.75) is 70.8 Å². The van der Waals surface area contributed by atoms with Crippen LogP contribution in [-0.2, 0) is 9.59 Å². The molecular weight excluding hydrogens is 216 g/mol. The molecule has 0 unspecified atom stereocenters. The Hall–Kier alpha value is -0.700. The summed E-state index contributed by atoms with van der Waals surface area (Å²) >= 11 is 0. The summed E-state index contributed by atoms with van der Waals surface area (Å²) in [5.41, 5.74) is -1.26. The summed E-state index contributed by atoms with van der Waals surface area (Å²) in [6, 6.07) is 0. The fourth-order valence-electron chi connectivity index (χ4n) is 2.36. The van der Waals surface area contributed by atoms with Gasteiger partial charge < -0.3 is 5.11 Å². The van der Waals surface area contributed by atoms with Crippen LogP contribution >= 0.6 is 0 Å². The zero-order valence-electron chi connectivity index (χ0n) is 11.0. The van der Waals surface area contributed by atoms with Crippen LogP contribution in [0.5, 0.6) is 0 Å². The summed E-state index contributed by atoms with van der Waals surface area (Å²) in [6.45, 7) is 3.00. The SMILES string of the molecule is CC(C)(O)C(=O)CCCC(=O)C1CCCCC1. The molecule has 1 aliphatic rings. The molecule has 0 radical (unpaired) electrons. The van der Waals surface area contributed by atoms with Gasteiger partial charge in [-0.15, -0.1) is 0 Å². The maximum atomic E-state index is 11.9. The number of aliphatic hydroxyl groups is 1. The molecule has 0 aromatic rings. The minimum atomic E-state index is -1.26. The van der Waals surface area contributed by atoms with Crippen LogP contribution < -0.4 is 0 Å². The molecule has 0 aliphatic heterocycles. The fraction of sp³-hybridized carbons (Fsp3) is 0.857. The monoisotopic (exact) mass is 240 g/mol. The first-order valence-corrected chi connectivity index (χ1v) is 6.69. The van der Waals surface area contributed by atoms with Crippen molar-refractivity contribution in [3.63, 3.8) is 0 Å². The van der Waals surface area contributed by atoms with Gasteiger partial charge >= 0.3 is 0 Å². The molecule has 1 N–H and O–H groups in total. The molecule has 0 spiro atoms. The summed E-state index contributed by atoms with van der Waals surface area (Å²) in [4.78, 5) is 23.3. The first-order valence-electron chi connectivity index (χ1n) is 6.69. The van der Waals surface area contributed by atoms with Gasteiger partial charge in [0.05, 0.1) is 0 Å². The van der Waals surface area contributed by atoms with E-state index in [1.54, 1.807) is 0 Å². The van der Waals surface area contributed by atoms with Gasteiger partial charge in [0.2, 0.25) is 0 Å². The van der Waals surface area contributed by atoms with Crippen LogP contribution in [0.25, 0.3) is 0 Å². The Balaban J connectivity index is 2.22. The molecule has 0 heterocycles. The second-order valence-electron chi connectivity index (χ2n) is 5.64. The highest BCUT2D eigenvalue weighted by atomic mass is 16.3. The van der Waals surface area contributed by atoms with Crippen molar-refractivity contribution in [3.05, 3.63) is 0 Å². The minimum absolute atomic E-state index is 0.172. The number of hydrogen-bond acceptors (Lipinski definition) is 3. The number of carbonyl (C=O) groups is 2. The van der Waals surface area contributed by atoms with Gasteiger partial charge in [-0.1, -0.05) is 19.3 Å². The van der Waals surface area contributed by atoms with Crippen molar-refractivity contribution < 1.29 is 14.7 Å². The fourth-order valence-corrected chi connectivity index (χ4v) is 2.36. The molecular formula is C14H24O3. The van der Waals surface area contributed by atoms with E-state index in [1.807, 2.05) is 0 Å². The van der Waals surface area contributed by atoms with E-state index in [1.165, 1.54) is 33.1 Å². The van der Waals surface area contributed by atoms with Crippen LogP contribution in [0.15, 0.2) is 0 Å². The first kappa shape index (κ1) is 14.4. The van der Waals surface area contributed by atoms with E-state index in [9.17, 15) is 14.7 Å².